The molecule has 1 N–H and O–H groups in total. The first-order valence-electron chi connectivity index (χ1n) is 5.08. The number of ether oxygens (including phenoxy) is 1. The maximum Gasteiger partial charge on any atom is 0.332 e. The van der Waals surface area contributed by atoms with Crippen LogP contribution >= 0.6 is 0 Å². The predicted octanol–water partition coefficient (Wildman–Crippen LogP) is 0.198. The molecule has 4 amide bonds. The molecule has 1 aromatic carbocycles. The maximum atomic E-state index is 11.6. The van der Waals surface area contributed by atoms with Crippen molar-refractivity contribution in [3.05, 3.63) is 29.8 Å². The quantitative estimate of drug-likeness (QED) is 0.554. The third-order valence-corrected chi connectivity index (χ3v) is 2.84. The summed E-state index contributed by atoms with van der Waals surface area (Å²) in [6.45, 7) is 0.186. The SMILES string of the molecule is O=C1NC(=O)N(C2COc3ccccc32)C1=O. The minimum Gasteiger partial charge on any atom is -0.491 e. The van der Waals surface area contributed by atoms with Crippen LogP contribution in [0.25, 0.3) is 0 Å². The van der Waals surface area contributed by atoms with Crippen LogP contribution < -0.4 is 10.1 Å². The molecule has 0 radical (unpaired) electrons. The predicted molar refractivity (Wildman–Crippen MR) is 55.1 cm³/mol. The lowest BCUT2D eigenvalue weighted by Crippen LogP contribution is -2.35. The van der Waals surface area contributed by atoms with Crippen LogP contribution in [-0.4, -0.2) is 29.4 Å². The number of carbonyl (C=O) groups is 3. The Hall–Kier alpha value is -2.37. The summed E-state index contributed by atoms with van der Waals surface area (Å²) < 4.78 is 5.37. The van der Waals surface area contributed by atoms with E-state index in [-0.39, 0.29) is 6.61 Å². The number of urea groups is 1. The Balaban J connectivity index is 2.00. The van der Waals surface area contributed by atoms with E-state index in [1.807, 2.05) is 5.32 Å². The van der Waals surface area contributed by atoms with Crippen LogP contribution in [-0.2, 0) is 9.59 Å². The van der Waals surface area contributed by atoms with E-state index in [0.717, 1.165) is 10.5 Å². The number of hydrogen-bond donors (Lipinski definition) is 1. The van der Waals surface area contributed by atoms with Crippen LogP contribution in [0.2, 0.25) is 0 Å². The van der Waals surface area contributed by atoms with Crippen molar-refractivity contribution in [3.8, 4) is 5.75 Å². The molecule has 6 nitrogen and oxygen atoms in total. The molecule has 17 heavy (non-hydrogen) atoms. The van der Waals surface area contributed by atoms with Gasteiger partial charge in [0.15, 0.2) is 0 Å². The van der Waals surface area contributed by atoms with Crippen LogP contribution in [0.15, 0.2) is 24.3 Å². The van der Waals surface area contributed by atoms with Gasteiger partial charge in [0, 0.05) is 5.56 Å². The minimum absolute atomic E-state index is 0.186. The van der Waals surface area contributed by atoms with Crippen molar-refractivity contribution in [3.63, 3.8) is 0 Å². The summed E-state index contributed by atoms with van der Waals surface area (Å²) in [6, 6.07) is 5.92. The highest BCUT2D eigenvalue weighted by Gasteiger charge is 2.44. The standard InChI is InChI=1S/C11H8N2O4/c14-9-10(15)13(11(16)12-9)7-5-17-8-4-2-1-3-6(7)8/h1-4,7H,5H2,(H,12,14,16). The highest BCUT2D eigenvalue weighted by Crippen LogP contribution is 2.36. The van der Waals surface area contributed by atoms with E-state index < -0.39 is 23.9 Å². The van der Waals surface area contributed by atoms with E-state index in [9.17, 15) is 14.4 Å². The zero-order valence-electron chi connectivity index (χ0n) is 8.67. The first-order chi connectivity index (χ1) is 8.18. The number of nitrogens with zero attached hydrogens (tertiary/aromatic N) is 1. The largest absolute Gasteiger partial charge is 0.491 e. The number of rotatable bonds is 1. The summed E-state index contributed by atoms with van der Waals surface area (Å²) in [4.78, 5) is 35.1. The summed E-state index contributed by atoms with van der Waals surface area (Å²) in [7, 11) is 0. The molecule has 1 fully saturated rings. The van der Waals surface area contributed by atoms with Crippen LogP contribution in [0.4, 0.5) is 4.79 Å². The molecule has 86 valence electrons. The van der Waals surface area contributed by atoms with Gasteiger partial charge in [0.1, 0.15) is 18.4 Å². The van der Waals surface area contributed by atoms with Gasteiger partial charge in [-0.25, -0.2) is 9.69 Å². The van der Waals surface area contributed by atoms with Gasteiger partial charge in [-0.05, 0) is 6.07 Å². The molecule has 0 aliphatic carbocycles. The Bertz CT molecular complexity index is 540. The first kappa shape index (κ1) is 9.83. The average molecular weight is 232 g/mol. The number of hydrogen-bond acceptors (Lipinski definition) is 4. The molecule has 1 atom stereocenters. The Morgan fingerprint density at radius 3 is 2.71 bits per heavy atom. The molecule has 2 heterocycles. The van der Waals surface area contributed by atoms with Crippen molar-refractivity contribution in [2.45, 2.75) is 6.04 Å². The van der Waals surface area contributed by atoms with Crippen molar-refractivity contribution in [2.75, 3.05) is 6.61 Å². The first-order valence-corrected chi connectivity index (χ1v) is 5.08. The summed E-state index contributed by atoms with van der Waals surface area (Å²) in [6.07, 6.45) is 0. The molecule has 1 unspecified atom stereocenters. The Morgan fingerprint density at radius 1 is 1.24 bits per heavy atom. The number of nitrogens with one attached hydrogen (secondary N) is 1. The fourth-order valence-corrected chi connectivity index (χ4v) is 2.05. The molecule has 0 aromatic heterocycles. The smallest absolute Gasteiger partial charge is 0.332 e. The number of imide groups is 2. The minimum atomic E-state index is -0.889. The molecule has 1 saturated heterocycles. The van der Waals surface area contributed by atoms with Crippen LogP contribution in [0.3, 0.4) is 0 Å². The zero-order chi connectivity index (χ0) is 12.0. The van der Waals surface area contributed by atoms with Crippen LogP contribution in [0.5, 0.6) is 5.75 Å². The van der Waals surface area contributed by atoms with Gasteiger partial charge >= 0.3 is 17.8 Å². The average Bonchev–Trinajstić information content (AvgIpc) is 2.82. The fourth-order valence-electron chi connectivity index (χ4n) is 2.05. The molecule has 6 heteroatoms. The second kappa shape index (κ2) is 3.31. The third kappa shape index (κ3) is 1.30. The third-order valence-electron chi connectivity index (χ3n) is 2.84. The van der Waals surface area contributed by atoms with E-state index >= 15 is 0 Å². The topological polar surface area (TPSA) is 75.7 Å². The molecule has 3 rings (SSSR count). The van der Waals surface area contributed by atoms with Gasteiger partial charge in [-0.15, -0.1) is 0 Å². The second-order valence-corrected chi connectivity index (χ2v) is 3.80. The second-order valence-electron chi connectivity index (χ2n) is 3.80. The normalized spacial score (nSPS) is 22.5. The number of benzene rings is 1. The van der Waals surface area contributed by atoms with E-state index in [2.05, 4.69) is 0 Å². The number of para-hydroxylation sites is 1. The summed E-state index contributed by atoms with van der Waals surface area (Å²) >= 11 is 0. The van der Waals surface area contributed by atoms with Crippen LogP contribution in [0, 0.1) is 0 Å². The van der Waals surface area contributed by atoms with Gasteiger partial charge in [0.2, 0.25) is 0 Å². The van der Waals surface area contributed by atoms with Gasteiger partial charge < -0.3 is 4.74 Å². The highest BCUT2D eigenvalue weighted by atomic mass is 16.5. The number of amides is 4. The lowest BCUT2D eigenvalue weighted by Gasteiger charge is -2.18. The van der Waals surface area contributed by atoms with Crippen molar-refractivity contribution in [2.24, 2.45) is 0 Å². The van der Waals surface area contributed by atoms with Gasteiger partial charge in [-0.2, -0.15) is 0 Å². The van der Waals surface area contributed by atoms with Gasteiger partial charge in [-0.1, -0.05) is 18.2 Å². The molecule has 2 aliphatic rings. The molecule has 1 aromatic rings. The summed E-state index contributed by atoms with van der Waals surface area (Å²) in [5.74, 6) is -1.09. The Labute approximate surface area is 96.2 Å². The van der Waals surface area contributed by atoms with Gasteiger partial charge in [0.05, 0.1) is 0 Å². The molecular weight excluding hydrogens is 224 g/mol. The summed E-state index contributed by atoms with van der Waals surface area (Å²) in [5.41, 5.74) is 0.741. The van der Waals surface area contributed by atoms with Gasteiger partial charge in [0.25, 0.3) is 0 Å². The lowest BCUT2D eigenvalue weighted by molar-refractivity contribution is -0.141. The lowest BCUT2D eigenvalue weighted by atomic mass is 10.1. The molecule has 0 spiro atoms. The molecule has 2 aliphatic heterocycles. The molecular formula is C11H8N2O4. The monoisotopic (exact) mass is 232 g/mol. The van der Waals surface area contributed by atoms with Crippen molar-refractivity contribution >= 4 is 17.8 Å². The fraction of sp³-hybridized carbons (Fsp3) is 0.182. The van der Waals surface area contributed by atoms with Crippen LogP contribution in [0.1, 0.15) is 11.6 Å². The van der Waals surface area contributed by atoms with E-state index in [1.54, 1.807) is 24.3 Å². The Morgan fingerprint density at radius 2 is 2.00 bits per heavy atom. The highest BCUT2D eigenvalue weighted by molar-refractivity contribution is 6.44. The van der Waals surface area contributed by atoms with E-state index in [1.165, 1.54) is 0 Å². The van der Waals surface area contributed by atoms with Crippen molar-refractivity contribution < 1.29 is 19.1 Å². The zero-order valence-corrected chi connectivity index (χ0v) is 8.67. The van der Waals surface area contributed by atoms with Crippen molar-refractivity contribution in [1.82, 2.24) is 10.2 Å². The number of fused-ring (bicyclic) bond motifs is 1. The molecule has 0 bridgehead atoms. The number of carbonyl (C=O) groups excluding carboxylic acids is 3. The van der Waals surface area contributed by atoms with Crippen molar-refractivity contribution in [1.29, 1.82) is 0 Å². The molecule has 0 saturated carbocycles. The Kier molecular flexibility index (Phi) is 1.91. The van der Waals surface area contributed by atoms with E-state index in [0.29, 0.717) is 5.75 Å². The summed E-state index contributed by atoms with van der Waals surface area (Å²) in [5, 5.41) is 1.97. The maximum absolute atomic E-state index is 11.6. The van der Waals surface area contributed by atoms with Gasteiger partial charge in [-0.3, -0.25) is 14.9 Å². The van der Waals surface area contributed by atoms with E-state index in [4.69, 9.17) is 4.74 Å².